The Morgan fingerprint density at radius 2 is 1.80 bits per heavy atom. The fraction of sp³-hybridized carbons (Fsp3) is 0.487. The molecule has 1 spiro atoms. The van der Waals surface area contributed by atoms with Gasteiger partial charge in [-0.15, -0.1) is 11.8 Å². The summed E-state index contributed by atoms with van der Waals surface area (Å²) in [7, 11) is 4.96. The number of hydrogen-bond donors (Lipinski definition) is 4. The Morgan fingerprint density at radius 3 is 2.54 bits per heavy atom. The number of aromatic hydroxyl groups is 2. The minimum atomic E-state index is -1.36. The number of aryl methyl sites for hydroxylation is 1. The smallest absolute Gasteiger partial charge is 0.331 e. The van der Waals surface area contributed by atoms with Gasteiger partial charge in [-0.25, -0.2) is 4.79 Å². The number of benzene rings is 3. The van der Waals surface area contributed by atoms with Gasteiger partial charge in [0.2, 0.25) is 6.79 Å². The van der Waals surface area contributed by atoms with E-state index in [9.17, 15) is 24.9 Å². The summed E-state index contributed by atoms with van der Waals surface area (Å²) in [5, 5.41) is 38.2. The van der Waals surface area contributed by atoms with E-state index < -0.39 is 47.1 Å². The van der Waals surface area contributed by atoms with Crippen LogP contribution in [0.2, 0.25) is 0 Å². The third kappa shape index (κ3) is 4.74. The first kappa shape index (κ1) is 35.3. The summed E-state index contributed by atoms with van der Waals surface area (Å²) < 4.78 is 35.9. The maximum absolute atomic E-state index is 14.7. The maximum Gasteiger partial charge on any atom is 0.331 e. The number of methoxy groups -OCH3 is 2. The van der Waals surface area contributed by atoms with Crippen molar-refractivity contribution in [2.75, 3.05) is 47.0 Å². The van der Waals surface area contributed by atoms with Crippen LogP contribution in [0.4, 0.5) is 0 Å². The first-order valence-corrected chi connectivity index (χ1v) is 19.1. The number of nitrogens with zero attached hydrogens (tertiary/aromatic N) is 2. The minimum absolute atomic E-state index is 0.0226. The average Bonchev–Trinajstić information content (AvgIpc) is 3.63. The van der Waals surface area contributed by atoms with E-state index in [1.165, 1.54) is 32.9 Å². The Morgan fingerprint density at radius 1 is 1.02 bits per heavy atom. The molecule has 7 atom stereocenters. The summed E-state index contributed by atoms with van der Waals surface area (Å²) in [5.41, 5.74) is 4.36. The highest BCUT2D eigenvalue weighted by Crippen LogP contribution is 2.64. The molecule has 0 saturated carbocycles. The summed E-state index contributed by atoms with van der Waals surface area (Å²) in [6.45, 7) is 5.26. The lowest BCUT2D eigenvalue weighted by Crippen LogP contribution is -2.70. The molecule has 7 heterocycles. The van der Waals surface area contributed by atoms with Crippen molar-refractivity contribution < 1.29 is 53.3 Å². The molecule has 0 aromatic heterocycles. The Kier molecular flexibility index (Phi) is 8.21. The molecule has 4 N–H and O–H groups in total. The number of ether oxygens (including phenoxy) is 6. The number of thioether (sulfide) groups is 1. The van der Waals surface area contributed by atoms with Crippen molar-refractivity contribution in [1.29, 1.82) is 0 Å². The molecule has 0 amide bonds. The second-order valence-electron chi connectivity index (χ2n) is 14.9. The van der Waals surface area contributed by atoms with Crippen molar-refractivity contribution in [3.63, 3.8) is 0 Å². The van der Waals surface area contributed by atoms with E-state index in [0.717, 1.165) is 16.7 Å². The average molecular weight is 762 g/mol. The molecule has 1 unspecified atom stereocenters. The van der Waals surface area contributed by atoms with Gasteiger partial charge < -0.3 is 43.7 Å². The highest BCUT2D eigenvalue weighted by atomic mass is 32.2. The summed E-state index contributed by atoms with van der Waals surface area (Å²) in [6, 6.07) is 3.13. The van der Waals surface area contributed by atoms with Crippen LogP contribution >= 0.6 is 11.8 Å². The zero-order valence-corrected chi connectivity index (χ0v) is 31.7. The molecule has 3 aromatic rings. The molecule has 54 heavy (non-hydrogen) atoms. The number of esters is 2. The van der Waals surface area contributed by atoms with Gasteiger partial charge in [0.25, 0.3) is 0 Å². The number of aliphatic hydroxyl groups excluding tert-OH is 1. The van der Waals surface area contributed by atoms with Crippen LogP contribution in [0.25, 0.3) is 0 Å². The number of nitrogens with one attached hydrogen (secondary N) is 1. The second-order valence-corrected chi connectivity index (χ2v) is 16.1. The molecule has 286 valence electrons. The van der Waals surface area contributed by atoms with Crippen LogP contribution in [0.3, 0.4) is 0 Å². The largest absolute Gasteiger partial charge is 0.504 e. The quantitative estimate of drug-likeness (QED) is 0.226. The third-order valence-electron chi connectivity index (χ3n) is 12.3. The van der Waals surface area contributed by atoms with Gasteiger partial charge in [-0.05, 0) is 68.1 Å². The zero-order valence-electron chi connectivity index (χ0n) is 30.8. The molecular weight excluding hydrogens is 719 g/mol. The van der Waals surface area contributed by atoms with Gasteiger partial charge in [0.1, 0.15) is 18.6 Å². The van der Waals surface area contributed by atoms with Crippen LogP contribution in [0, 0.1) is 13.8 Å². The van der Waals surface area contributed by atoms with Crippen molar-refractivity contribution >= 4 is 23.7 Å². The van der Waals surface area contributed by atoms with Crippen LogP contribution in [-0.4, -0.2) is 102 Å². The van der Waals surface area contributed by atoms with Gasteiger partial charge >= 0.3 is 11.9 Å². The van der Waals surface area contributed by atoms with E-state index >= 15 is 0 Å². The maximum atomic E-state index is 14.7. The summed E-state index contributed by atoms with van der Waals surface area (Å²) in [6.07, 6.45) is -0.0282. The monoisotopic (exact) mass is 761 g/mol. The Labute approximate surface area is 316 Å². The first-order chi connectivity index (χ1) is 25.9. The van der Waals surface area contributed by atoms with Crippen LogP contribution in [0.15, 0.2) is 18.2 Å². The highest BCUT2D eigenvalue weighted by molar-refractivity contribution is 7.99. The SMILES string of the molecule is COc1cc2c(cc1O)CCN[C@]21CS[C@H]2c3c(OC(C)=O)c(C)c4c(c3[C@@H](COC1=O)N1[C@H]2[C@H]2c3c(cc(C)c(OC)c3O)CC([C@H]1O)N2C)OCO4. The number of phenolic OH excluding ortho intramolecular Hbond substituents is 2. The summed E-state index contributed by atoms with van der Waals surface area (Å²) in [5.74, 6) is 0.949. The van der Waals surface area contributed by atoms with Gasteiger partial charge in [-0.3, -0.25) is 19.9 Å². The molecular formula is C39H43N3O11S. The number of phenols is 2. The molecule has 7 aliphatic rings. The van der Waals surface area contributed by atoms with Crippen molar-refractivity contribution in [3.8, 4) is 40.2 Å². The van der Waals surface area contributed by atoms with Gasteiger partial charge in [0.05, 0.1) is 37.6 Å². The van der Waals surface area contributed by atoms with E-state index in [1.807, 2.05) is 31.9 Å². The van der Waals surface area contributed by atoms with Crippen LogP contribution in [-0.2, 0) is 32.7 Å². The van der Waals surface area contributed by atoms with E-state index in [4.69, 9.17) is 28.4 Å². The molecule has 7 aliphatic heterocycles. The predicted octanol–water partition coefficient (Wildman–Crippen LogP) is 3.41. The Bertz CT molecular complexity index is 2130. The number of aliphatic hydroxyl groups is 1. The fourth-order valence-electron chi connectivity index (χ4n) is 10.00. The summed E-state index contributed by atoms with van der Waals surface area (Å²) >= 11 is 1.47. The molecule has 3 aromatic carbocycles. The minimum Gasteiger partial charge on any atom is -0.504 e. The number of carbonyl (C=O) groups is 2. The van der Waals surface area contributed by atoms with Gasteiger partial charge in [-0.1, -0.05) is 6.07 Å². The molecule has 15 heteroatoms. The second kappa shape index (κ2) is 12.6. The topological polar surface area (TPSA) is 169 Å². The number of fused-ring (bicyclic) bond motifs is 9. The summed E-state index contributed by atoms with van der Waals surface area (Å²) in [4.78, 5) is 31.7. The van der Waals surface area contributed by atoms with Crippen LogP contribution in [0.1, 0.15) is 68.8 Å². The fourth-order valence-corrected chi connectivity index (χ4v) is 11.7. The van der Waals surface area contributed by atoms with Gasteiger partial charge in [0.15, 0.2) is 40.0 Å². The van der Waals surface area contributed by atoms with Gasteiger partial charge in [0, 0.05) is 47.5 Å². The lowest BCUT2D eigenvalue weighted by Gasteiger charge is -2.62. The van der Waals surface area contributed by atoms with Gasteiger partial charge in [-0.2, -0.15) is 0 Å². The molecule has 4 bridgehead atoms. The standard InChI is InChI=1S/C39H43N3O11S/c1-16-9-20-10-22-37(46)42-23-13-50-38(47)39(21-12-25(48-5)24(44)11-19(21)7-8-40-39)14-54-36(30(42)29(41(22)4)26(20)31(45)32(16)49-6)28-27(23)35-34(51-15-52-35)17(2)33(28)53-18(3)43/h9,11-12,22-23,29-30,36-37,40,44-46H,7-8,10,13-15H2,1-6H3/t22?,23-,29-,30+,36+,37-,39-/m1/s1. The first-order valence-electron chi connectivity index (χ1n) is 18.1. The molecule has 2 fully saturated rings. The lowest BCUT2D eigenvalue weighted by molar-refractivity contribution is -0.186. The van der Waals surface area contributed by atoms with E-state index in [0.29, 0.717) is 70.2 Å². The van der Waals surface area contributed by atoms with Crippen LogP contribution in [0.5, 0.6) is 40.2 Å². The predicted molar refractivity (Wildman–Crippen MR) is 195 cm³/mol. The zero-order chi connectivity index (χ0) is 38.0. The van der Waals surface area contributed by atoms with Crippen molar-refractivity contribution in [3.05, 3.63) is 62.7 Å². The van der Waals surface area contributed by atoms with E-state index in [2.05, 4.69) is 10.2 Å². The van der Waals surface area contributed by atoms with E-state index in [1.54, 1.807) is 12.1 Å². The Balaban J connectivity index is 1.32. The number of piperazine rings is 1. The molecule has 0 aliphatic carbocycles. The third-order valence-corrected chi connectivity index (χ3v) is 13.7. The number of likely N-dealkylation sites (N-methyl/N-ethyl adjacent to an activating group) is 1. The molecule has 2 saturated heterocycles. The van der Waals surface area contributed by atoms with Crippen LogP contribution < -0.4 is 29.0 Å². The lowest BCUT2D eigenvalue weighted by atomic mass is 9.73. The van der Waals surface area contributed by atoms with E-state index in [-0.39, 0.29) is 42.4 Å². The molecule has 10 rings (SSSR count). The van der Waals surface area contributed by atoms with Crippen molar-refractivity contribution in [2.24, 2.45) is 0 Å². The van der Waals surface area contributed by atoms with Crippen molar-refractivity contribution in [1.82, 2.24) is 15.1 Å². The molecule has 14 nitrogen and oxygen atoms in total. The number of hydrogen-bond acceptors (Lipinski definition) is 15. The van der Waals surface area contributed by atoms with Crippen molar-refractivity contribution in [2.45, 2.75) is 74.8 Å². The Hall–Kier alpha value is -4.41. The number of rotatable bonds is 3. The molecule has 0 radical (unpaired) electrons. The number of carbonyl (C=O) groups excluding carboxylic acids is 2. The highest BCUT2D eigenvalue weighted by Gasteiger charge is 2.61. The normalized spacial score (nSPS) is 29.4.